The Hall–Kier alpha value is -1.20. The van der Waals surface area contributed by atoms with Crippen LogP contribution < -0.4 is 5.32 Å². The van der Waals surface area contributed by atoms with Crippen molar-refractivity contribution in [1.29, 1.82) is 0 Å². The van der Waals surface area contributed by atoms with Crippen molar-refractivity contribution < 1.29 is 28.4 Å². The smallest absolute Gasteiger partial charge is 0.411 e. The zero-order valence-electron chi connectivity index (χ0n) is 11.6. The van der Waals surface area contributed by atoms with Gasteiger partial charge in [0.1, 0.15) is 0 Å². The van der Waals surface area contributed by atoms with Crippen LogP contribution in [0.15, 0.2) is 0 Å². The molecule has 0 spiro atoms. The van der Waals surface area contributed by atoms with Gasteiger partial charge in [0.25, 0.3) is 0 Å². The fourth-order valence-corrected chi connectivity index (χ4v) is 2.01. The first kappa shape index (κ1) is 17.8. The minimum atomic E-state index is -1.65. The molecule has 1 amide bonds. The first-order chi connectivity index (χ1) is 8.98. The lowest BCUT2D eigenvalue weighted by Crippen LogP contribution is -2.56. The average Bonchev–Trinajstić information content (AvgIpc) is 2.41. The lowest BCUT2D eigenvalue weighted by molar-refractivity contribution is -0.149. The third-order valence-electron chi connectivity index (χ3n) is 2.55. The summed E-state index contributed by atoms with van der Waals surface area (Å²) >= 11 is 0. The maximum absolute atomic E-state index is 12.0. The third kappa shape index (κ3) is 4.76. The summed E-state index contributed by atoms with van der Waals surface area (Å²) in [7, 11) is 0.0394. The zero-order chi connectivity index (χ0) is 14.9. The first-order valence-electron chi connectivity index (χ1n) is 5.98. The highest BCUT2D eigenvalue weighted by Gasteiger charge is 2.55. The van der Waals surface area contributed by atoms with Crippen molar-refractivity contribution in [2.75, 3.05) is 26.9 Å². The van der Waals surface area contributed by atoms with Crippen LogP contribution >= 0.6 is 8.46 Å². The molecular formula is C11H21NO6P+. The number of carbonyl (C=O) groups is 2. The number of rotatable bonds is 8. The van der Waals surface area contributed by atoms with Crippen molar-refractivity contribution in [3.8, 4) is 0 Å². The van der Waals surface area contributed by atoms with Crippen molar-refractivity contribution in [2.24, 2.45) is 5.92 Å². The molecule has 0 aromatic heterocycles. The second-order valence-corrected chi connectivity index (χ2v) is 4.80. The largest absolute Gasteiger partial charge is 0.461 e. The molecule has 0 heterocycles. The normalized spacial score (nSPS) is 15.4. The molecule has 7 nitrogen and oxygen atoms in total. The number of alkyl carbamates (subject to hydrolysis) is 1. The molecule has 0 aliphatic heterocycles. The van der Waals surface area contributed by atoms with Crippen molar-refractivity contribution in [2.45, 2.75) is 26.1 Å². The van der Waals surface area contributed by atoms with Crippen LogP contribution in [-0.4, -0.2) is 44.3 Å². The molecule has 0 aliphatic rings. The number of nitrogens with one attached hydrogen (secondary N) is 1. The third-order valence-corrected chi connectivity index (χ3v) is 3.70. The van der Waals surface area contributed by atoms with E-state index < -0.39 is 31.7 Å². The van der Waals surface area contributed by atoms with E-state index in [9.17, 15) is 14.2 Å². The van der Waals surface area contributed by atoms with E-state index in [2.05, 4.69) is 10.1 Å². The summed E-state index contributed by atoms with van der Waals surface area (Å²) in [4.78, 5) is 23.4. The number of ether oxygens (including phenoxy) is 3. The minimum absolute atomic E-state index is 0.120. The van der Waals surface area contributed by atoms with Crippen LogP contribution in [0.25, 0.3) is 0 Å². The average molecular weight is 294 g/mol. The highest BCUT2D eigenvalue weighted by Crippen LogP contribution is 2.31. The number of hydrogen-bond donors (Lipinski definition) is 1. The molecule has 8 heteroatoms. The van der Waals surface area contributed by atoms with Gasteiger partial charge in [-0.2, -0.15) is 0 Å². The molecule has 0 radical (unpaired) electrons. The summed E-state index contributed by atoms with van der Waals surface area (Å²) in [5.74, 6) is -1.29. The fourth-order valence-electron chi connectivity index (χ4n) is 1.42. The molecule has 0 saturated heterocycles. The van der Waals surface area contributed by atoms with Crippen LogP contribution in [-0.2, 0) is 23.6 Å². The van der Waals surface area contributed by atoms with Gasteiger partial charge in [-0.1, -0.05) is 11.5 Å². The molecule has 110 valence electrons. The predicted octanol–water partition coefficient (Wildman–Crippen LogP) is 1.30. The van der Waals surface area contributed by atoms with Gasteiger partial charge in [-0.15, -0.1) is 0 Å². The SMILES string of the molecule is CCOCC(C)[C@](NC(=O)OC)([PH+]=O)C(=O)OCC. The van der Waals surface area contributed by atoms with Crippen LogP contribution in [0.2, 0.25) is 0 Å². The summed E-state index contributed by atoms with van der Waals surface area (Å²) in [5.41, 5.74) is 0. The van der Waals surface area contributed by atoms with Gasteiger partial charge >= 0.3 is 25.8 Å². The second-order valence-electron chi connectivity index (χ2n) is 3.81. The van der Waals surface area contributed by atoms with Crippen molar-refractivity contribution >= 4 is 20.5 Å². The Kier molecular flexibility index (Phi) is 8.27. The highest BCUT2D eigenvalue weighted by molar-refractivity contribution is 7.27. The van der Waals surface area contributed by atoms with E-state index in [1.165, 1.54) is 0 Å². The quantitative estimate of drug-likeness (QED) is 0.536. The van der Waals surface area contributed by atoms with E-state index >= 15 is 0 Å². The molecule has 1 N–H and O–H groups in total. The van der Waals surface area contributed by atoms with Gasteiger partial charge in [0.15, 0.2) is 0 Å². The Morgan fingerprint density at radius 2 is 1.95 bits per heavy atom. The summed E-state index contributed by atoms with van der Waals surface area (Å²) in [6.07, 6.45) is -0.847. The molecule has 0 aliphatic carbocycles. The van der Waals surface area contributed by atoms with Crippen LogP contribution in [0.4, 0.5) is 4.79 Å². The van der Waals surface area contributed by atoms with Crippen LogP contribution in [0, 0.1) is 5.92 Å². The predicted molar refractivity (Wildman–Crippen MR) is 69.6 cm³/mol. The number of amides is 1. The first-order valence-corrected chi connectivity index (χ1v) is 6.89. The molecule has 0 aromatic rings. The molecule has 2 unspecified atom stereocenters. The Labute approximate surface area is 114 Å². The second kappa shape index (κ2) is 8.82. The Morgan fingerprint density at radius 1 is 1.32 bits per heavy atom. The van der Waals surface area contributed by atoms with Crippen LogP contribution in [0.5, 0.6) is 0 Å². The fraction of sp³-hybridized carbons (Fsp3) is 0.818. The molecule has 0 aromatic carbocycles. The van der Waals surface area contributed by atoms with Crippen LogP contribution in [0.3, 0.4) is 0 Å². The maximum atomic E-state index is 12.0. The van der Waals surface area contributed by atoms with Gasteiger partial charge in [-0.25, -0.2) is 9.59 Å². The lowest BCUT2D eigenvalue weighted by Gasteiger charge is -2.25. The molecule has 3 atom stereocenters. The topological polar surface area (TPSA) is 90.9 Å². The summed E-state index contributed by atoms with van der Waals surface area (Å²) in [6, 6.07) is 0. The molecule has 0 fully saturated rings. The number of methoxy groups -OCH3 is 1. The van der Waals surface area contributed by atoms with Gasteiger partial charge in [-0.05, 0) is 13.8 Å². The minimum Gasteiger partial charge on any atom is -0.461 e. The zero-order valence-corrected chi connectivity index (χ0v) is 12.6. The van der Waals surface area contributed by atoms with Crippen molar-refractivity contribution in [3.63, 3.8) is 0 Å². The van der Waals surface area contributed by atoms with Gasteiger partial charge in [0.05, 0.1) is 26.2 Å². The monoisotopic (exact) mass is 294 g/mol. The molecule has 0 rings (SSSR count). The molecule has 0 saturated carbocycles. The molecule has 0 bridgehead atoms. The van der Waals surface area contributed by atoms with Crippen molar-refractivity contribution in [1.82, 2.24) is 5.32 Å². The van der Waals surface area contributed by atoms with E-state index in [1.54, 1.807) is 20.8 Å². The number of esters is 1. The highest BCUT2D eigenvalue weighted by atomic mass is 31.1. The number of hydrogen-bond acceptors (Lipinski definition) is 6. The van der Waals surface area contributed by atoms with E-state index in [1.807, 2.05) is 0 Å². The van der Waals surface area contributed by atoms with E-state index in [0.29, 0.717) is 6.61 Å². The van der Waals surface area contributed by atoms with E-state index in [4.69, 9.17) is 9.47 Å². The molecule has 19 heavy (non-hydrogen) atoms. The van der Waals surface area contributed by atoms with Gasteiger partial charge in [-0.3, -0.25) is 5.32 Å². The van der Waals surface area contributed by atoms with Crippen LogP contribution in [0.1, 0.15) is 20.8 Å². The lowest BCUT2D eigenvalue weighted by atomic mass is 10.0. The van der Waals surface area contributed by atoms with Gasteiger partial charge in [0.2, 0.25) is 0 Å². The summed E-state index contributed by atoms with van der Waals surface area (Å²) < 4.78 is 26.1. The van der Waals surface area contributed by atoms with Gasteiger partial charge < -0.3 is 14.2 Å². The Bertz CT molecular complexity index is 324. The van der Waals surface area contributed by atoms with Crippen molar-refractivity contribution in [3.05, 3.63) is 0 Å². The maximum Gasteiger partial charge on any atom is 0.411 e. The standard InChI is InChI=1S/C11H20NO6P/c1-5-17-7-8(3)11(19-15,9(13)18-6-2)12-10(14)16-4/h8H,5-7H2,1-4H3,(H,12,14)/p+1/t8?,11-/m0/s1. The Morgan fingerprint density at radius 3 is 2.37 bits per heavy atom. The summed E-state index contributed by atoms with van der Waals surface area (Å²) in [6.45, 7) is 5.80. The Balaban J connectivity index is 5.20. The number of carbonyl (C=O) groups excluding carboxylic acids is 2. The van der Waals surface area contributed by atoms with Gasteiger partial charge in [0, 0.05) is 6.61 Å². The summed E-state index contributed by atoms with van der Waals surface area (Å²) in [5, 5.41) is 0.653. The molecular weight excluding hydrogens is 273 g/mol. The van der Waals surface area contributed by atoms with E-state index in [0.717, 1.165) is 7.11 Å². The van der Waals surface area contributed by atoms with E-state index in [-0.39, 0.29) is 13.2 Å².